The van der Waals surface area contributed by atoms with E-state index in [1.807, 2.05) is 0 Å². The number of hydrogen-bond acceptors (Lipinski definition) is 4. The summed E-state index contributed by atoms with van der Waals surface area (Å²) in [7, 11) is 0. The number of nitrogens with one attached hydrogen (secondary N) is 2. The van der Waals surface area contributed by atoms with Crippen molar-refractivity contribution >= 4 is 23.8 Å². The Bertz CT molecular complexity index is 405. The molecule has 1 rings (SSSR count). The van der Waals surface area contributed by atoms with Gasteiger partial charge in [-0.3, -0.25) is 14.4 Å². The molecule has 0 aliphatic heterocycles. The minimum absolute atomic E-state index is 0.155. The Labute approximate surface area is 115 Å². The molecule has 0 bridgehead atoms. The molecule has 5 N–H and O–H groups in total. The number of primary amides is 1. The molecular formula is C11H18N4O5. The third-order valence-electron chi connectivity index (χ3n) is 2.62. The molecule has 0 aromatic heterocycles. The molecule has 9 nitrogen and oxygen atoms in total. The molecule has 1 aliphatic carbocycles. The predicted molar refractivity (Wildman–Crippen MR) is 67.6 cm³/mol. The van der Waals surface area contributed by atoms with Gasteiger partial charge in [0.15, 0.2) is 0 Å². The number of carboxylic acids is 1. The number of carbonyl (C=O) groups excluding carboxylic acids is 3. The molecule has 0 aromatic carbocycles. The van der Waals surface area contributed by atoms with E-state index in [-0.39, 0.29) is 11.9 Å². The van der Waals surface area contributed by atoms with Gasteiger partial charge in [-0.25, -0.2) is 4.79 Å². The summed E-state index contributed by atoms with van der Waals surface area (Å²) >= 11 is 0. The van der Waals surface area contributed by atoms with Crippen LogP contribution < -0.4 is 16.4 Å². The first kappa shape index (κ1) is 15.7. The Balaban J connectivity index is 2.51. The van der Waals surface area contributed by atoms with Crippen LogP contribution in [-0.4, -0.2) is 59.0 Å². The van der Waals surface area contributed by atoms with E-state index in [0.717, 1.165) is 17.7 Å². The van der Waals surface area contributed by atoms with Gasteiger partial charge in [-0.2, -0.15) is 0 Å². The molecule has 4 amide bonds. The van der Waals surface area contributed by atoms with Crippen molar-refractivity contribution in [3.8, 4) is 0 Å². The van der Waals surface area contributed by atoms with Gasteiger partial charge in [-0.1, -0.05) is 0 Å². The average Bonchev–Trinajstić information content (AvgIpc) is 3.10. The van der Waals surface area contributed by atoms with Crippen LogP contribution in [0.2, 0.25) is 0 Å². The van der Waals surface area contributed by atoms with E-state index in [4.69, 9.17) is 10.8 Å². The van der Waals surface area contributed by atoms with Crippen LogP contribution in [-0.2, 0) is 14.4 Å². The van der Waals surface area contributed by atoms with Gasteiger partial charge in [-0.15, -0.1) is 0 Å². The lowest BCUT2D eigenvalue weighted by Gasteiger charge is -2.22. The maximum Gasteiger partial charge on any atom is 0.323 e. The standard InChI is InChI=1S/C11H18N4O5/c1-6(10(19)14-7-2-3-7)13-11(20)15(4-8(12)16)5-9(17)18/h6-7H,2-5H2,1H3,(H2,12,16)(H,13,20)(H,14,19)(H,17,18). The predicted octanol–water partition coefficient (Wildman–Crippen LogP) is -1.76. The van der Waals surface area contributed by atoms with Crippen molar-refractivity contribution in [3.63, 3.8) is 0 Å². The van der Waals surface area contributed by atoms with Crippen molar-refractivity contribution in [3.05, 3.63) is 0 Å². The largest absolute Gasteiger partial charge is 0.480 e. The fourth-order valence-electron chi connectivity index (χ4n) is 1.45. The number of rotatable bonds is 7. The normalized spacial score (nSPS) is 15.1. The highest BCUT2D eigenvalue weighted by molar-refractivity contribution is 5.90. The van der Waals surface area contributed by atoms with Crippen molar-refractivity contribution in [1.29, 1.82) is 0 Å². The van der Waals surface area contributed by atoms with E-state index in [1.165, 1.54) is 6.92 Å². The van der Waals surface area contributed by atoms with E-state index < -0.39 is 37.0 Å². The topological polar surface area (TPSA) is 142 Å². The molecule has 1 fully saturated rings. The van der Waals surface area contributed by atoms with Gasteiger partial charge in [-0.05, 0) is 19.8 Å². The van der Waals surface area contributed by atoms with Crippen molar-refractivity contribution in [2.75, 3.05) is 13.1 Å². The van der Waals surface area contributed by atoms with Crippen LogP contribution in [0.25, 0.3) is 0 Å². The van der Waals surface area contributed by atoms with E-state index in [9.17, 15) is 19.2 Å². The third-order valence-corrected chi connectivity index (χ3v) is 2.62. The molecular weight excluding hydrogens is 268 g/mol. The zero-order valence-electron chi connectivity index (χ0n) is 11.1. The fraction of sp³-hybridized carbons (Fsp3) is 0.636. The van der Waals surface area contributed by atoms with Gasteiger partial charge in [0.1, 0.15) is 19.1 Å². The molecule has 1 atom stereocenters. The first-order valence-corrected chi connectivity index (χ1v) is 6.15. The number of nitrogens with two attached hydrogens (primary N) is 1. The number of aliphatic carboxylic acids is 1. The molecule has 1 aliphatic rings. The molecule has 1 saturated carbocycles. The van der Waals surface area contributed by atoms with Gasteiger partial charge < -0.3 is 26.4 Å². The number of nitrogens with zero attached hydrogens (tertiary/aromatic N) is 1. The maximum atomic E-state index is 11.8. The molecule has 0 spiro atoms. The van der Waals surface area contributed by atoms with Crippen molar-refractivity contribution < 1.29 is 24.3 Å². The molecule has 0 heterocycles. The summed E-state index contributed by atoms with van der Waals surface area (Å²) in [6.07, 6.45) is 1.83. The second kappa shape index (κ2) is 6.73. The Kier molecular flexibility index (Phi) is 5.30. The van der Waals surface area contributed by atoms with E-state index in [0.29, 0.717) is 0 Å². The molecule has 20 heavy (non-hydrogen) atoms. The van der Waals surface area contributed by atoms with Crippen LogP contribution in [0.5, 0.6) is 0 Å². The Morgan fingerprint density at radius 2 is 1.90 bits per heavy atom. The lowest BCUT2D eigenvalue weighted by atomic mass is 10.3. The Morgan fingerprint density at radius 3 is 2.35 bits per heavy atom. The molecule has 0 radical (unpaired) electrons. The molecule has 0 saturated heterocycles. The second-order valence-electron chi connectivity index (χ2n) is 4.67. The highest BCUT2D eigenvalue weighted by Gasteiger charge is 2.27. The first-order valence-electron chi connectivity index (χ1n) is 6.15. The first-order chi connectivity index (χ1) is 9.29. The lowest BCUT2D eigenvalue weighted by molar-refractivity contribution is -0.137. The second-order valence-corrected chi connectivity index (χ2v) is 4.67. The number of hydrogen-bond donors (Lipinski definition) is 4. The summed E-state index contributed by atoms with van der Waals surface area (Å²) in [6.45, 7) is 0.264. The highest BCUT2D eigenvalue weighted by Crippen LogP contribution is 2.18. The zero-order valence-corrected chi connectivity index (χ0v) is 11.1. The van der Waals surface area contributed by atoms with E-state index in [1.54, 1.807) is 0 Å². The van der Waals surface area contributed by atoms with Crippen LogP contribution in [0.15, 0.2) is 0 Å². The smallest absolute Gasteiger partial charge is 0.323 e. The summed E-state index contributed by atoms with van der Waals surface area (Å²) < 4.78 is 0. The van der Waals surface area contributed by atoms with Gasteiger partial charge >= 0.3 is 12.0 Å². The summed E-state index contributed by atoms with van der Waals surface area (Å²) in [5, 5.41) is 13.7. The molecule has 112 valence electrons. The molecule has 0 aromatic rings. The van der Waals surface area contributed by atoms with Crippen LogP contribution in [0, 0.1) is 0 Å². The third kappa shape index (κ3) is 5.55. The van der Waals surface area contributed by atoms with E-state index in [2.05, 4.69) is 10.6 Å². The van der Waals surface area contributed by atoms with Crippen LogP contribution >= 0.6 is 0 Å². The summed E-state index contributed by atoms with van der Waals surface area (Å²) in [5.41, 5.74) is 4.94. The summed E-state index contributed by atoms with van der Waals surface area (Å²) in [4.78, 5) is 45.6. The average molecular weight is 286 g/mol. The van der Waals surface area contributed by atoms with Gasteiger partial charge in [0.25, 0.3) is 0 Å². The Hall–Kier alpha value is -2.32. The van der Waals surface area contributed by atoms with Crippen molar-refractivity contribution in [2.24, 2.45) is 5.73 Å². The quantitative estimate of drug-likeness (QED) is 0.438. The monoisotopic (exact) mass is 286 g/mol. The van der Waals surface area contributed by atoms with Crippen molar-refractivity contribution in [1.82, 2.24) is 15.5 Å². The number of carboxylic acid groups (broad SMARTS) is 1. The fourth-order valence-corrected chi connectivity index (χ4v) is 1.45. The number of carbonyl (C=O) groups is 4. The van der Waals surface area contributed by atoms with Crippen molar-refractivity contribution in [2.45, 2.75) is 31.8 Å². The number of urea groups is 1. The van der Waals surface area contributed by atoms with Crippen LogP contribution in [0.3, 0.4) is 0 Å². The summed E-state index contributed by atoms with van der Waals surface area (Å²) in [5.74, 6) is -2.47. The zero-order chi connectivity index (χ0) is 15.3. The molecule has 1 unspecified atom stereocenters. The van der Waals surface area contributed by atoms with E-state index >= 15 is 0 Å². The lowest BCUT2D eigenvalue weighted by Crippen LogP contribution is -2.52. The summed E-state index contributed by atoms with van der Waals surface area (Å²) in [6, 6.07) is -1.50. The van der Waals surface area contributed by atoms with Gasteiger partial charge in [0.05, 0.1) is 0 Å². The SMILES string of the molecule is CC(NC(=O)N(CC(N)=O)CC(=O)O)C(=O)NC1CC1. The maximum absolute atomic E-state index is 11.8. The molecule has 9 heteroatoms. The number of amides is 4. The van der Waals surface area contributed by atoms with Crippen LogP contribution in [0.4, 0.5) is 4.79 Å². The van der Waals surface area contributed by atoms with Gasteiger partial charge in [0.2, 0.25) is 11.8 Å². The van der Waals surface area contributed by atoms with Crippen LogP contribution in [0.1, 0.15) is 19.8 Å². The Morgan fingerprint density at radius 1 is 1.30 bits per heavy atom. The highest BCUT2D eigenvalue weighted by atomic mass is 16.4. The minimum Gasteiger partial charge on any atom is -0.480 e. The minimum atomic E-state index is -1.28. The van der Waals surface area contributed by atoms with Gasteiger partial charge in [0, 0.05) is 6.04 Å².